The first kappa shape index (κ1) is 12.5. The molecule has 1 heterocycles. The highest BCUT2D eigenvalue weighted by atomic mass is 16.5. The van der Waals surface area contributed by atoms with Crippen molar-refractivity contribution in [1.82, 2.24) is 10.6 Å². The molecular formula is C11H22N2O2. The van der Waals surface area contributed by atoms with Crippen LogP contribution >= 0.6 is 0 Å². The predicted octanol–water partition coefficient (Wildman–Crippen LogP) is 0.527. The van der Waals surface area contributed by atoms with Gasteiger partial charge >= 0.3 is 0 Å². The Morgan fingerprint density at radius 1 is 1.60 bits per heavy atom. The Balaban J connectivity index is 2.27. The lowest BCUT2D eigenvalue weighted by Gasteiger charge is -2.25. The van der Waals surface area contributed by atoms with Crippen molar-refractivity contribution < 1.29 is 9.53 Å². The monoisotopic (exact) mass is 214 g/mol. The Kier molecular flexibility index (Phi) is 4.54. The number of ether oxygens (including phenoxy) is 1. The van der Waals surface area contributed by atoms with Crippen LogP contribution in [0.3, 0.4) is 0 Å². The van der Waals surface area contributed by atoms with Crippen molar-refractivity contribution in [3.05, 3.63) is 0 Å². The molecule has 1 aliphatic heterocycles. The minimum Gasteiger partial charge on any atom is -0.382 e. The molecule has 1 saturated heterocycles. The average molecular weight is 214 g/mol. The first-order valence-electron chi connectivity index (χ1n) is 5.54. The first-order valence-corrected chi connectivity index (χ1v) is 5.54. The van der Waals surface area contributed by atoms with Gasteiger partial charge in [0.2, 0.25) is 5.91 Å². The SMILES string of the molecule is COCC(C)(C)NC(=O)CC1CCNC1. The van der Waals surface area contributed by atoms with Gasteiger partial charge in [0.15, 0.2) is 0 Å². The molecule has 0 radical (unpaired) electrons. The van der Waals surface area contributed by atoms with E-state index in [-0.39, 0.29) is 11.4 Å². The standard InChI is InChI=1S/C11H22N2O2/c1-11(2,8-15-3)13-10(14)6-9-4-5-12-7-9/h9,12H,4-8H2,1-3H3,(H,13,14). The molecule has 1 rings (SSSR count). The summed E-state index contributed by atoms with van der Waals surface area (Å²) in [6.07, 6.45) is 1.73. The molecule has 1 atom stereocenters. The lowest BCUT2D eigenvalue weighted by atomic mass is 10.0. The van der Waals surface area contributed by atoms with E-state index < -0.39 is 0 Å². The number of hydrogen-bond donors (Lipinski definition) is 2. The second kappa shape index (κ2) is 5.47. The molecule has 0 saturated carbocycles. The normalized spacial score (nSPS) is 21.7. The second-order valence-electron chi connectivity index (χ2n) is 4.93. The van der Waals surface area contributed by atoms with Crippen molar-refractivity contribution in [2.45, 2.75) is 32.2 Å². The summed E-state index contributed by atoms with van der Waals surface area (Å²) in [4.78, 5) is 11.7. The number of rotatable bonds is 5. The molecular weight excluding hydrogens is 192 g/mol. The predicted molar refractivity (Wildman–Crippen MR) is 59.7 cm³/mol. The largest absolute Gasteiger partial charge is 0.382 e. The highest BCUT2D eigenvalue weighted by molar-refractivity contribution is 5.77. The van der Waals surface area contributed by atoms with Gasteiger partial charge in [0.1, 0.15) is 0 Å². The van der Waals surface area contributed by atoms with E-state index >= 15 is 0 Å². The van der Waals surface area contributed by atoms with E-state index in [4.69, 9.17) is 4.74 Å². The second-order valence-corrected chi connectivity index (χ2v) is 4.93. The van der Waals surface area contributed by atoms with E-state index in [2.05, 4.69) is 10.6 Å². The summed E-state index contributed by atoms with van der Waals surface area (Å²) in [5, 5.41) is 6.25. The minimum absolute atomic E-state index is 0.130. The van der Waals surface area contributed by atoms with Crippen LogP contribution in [0.15, 0.2) is 0 Å². The molecule has 4 nitrogen and oxygen atoms in total. The van der Waals surface area contributed by atoms with E-state index in [0.717, 1.165) is 19.5 Å². The molecule has 1 amide bonds. The molecule has 4 heteroatoms. The number of methoxy groups -OCH3 is 1. The van der Waals surface area contributed by atoms with E-state index in [1.165, 1.54) is 0 Å². The number of hydrogen-bond acceptors (Lipinski definition) is 3. The number of nitrogens with one attached hydrogen (secondary N) is 2. The van der Waals surface area contributed by atoms with Crippen LogP contribution in [0.25, 0.3) is 0 Å². The van der Waals surface area contributed by atoms with Crippen LogP contribution in [-0.4, -0.2) is 38.3 Å². The van der Waals surface area contributed by atoms with Gasteiger partial charge in [-0.3, -0.25) is 4.79 Å². The topological polar surface area (TPSA) is 50.4 Å². The zero-order valence-electron chi connectivity index (χ0n) is 9.93. The molecule has 88 valence electrons. The van der Waals surface area contributed by atoms with E-state index in [1.807, 2.05) is 13.8 Å². The fraction of sp³-hybridized carbons (Fsp3) is 0.909. The third-order valence-corrected chi connectivity index (χ3v) is 2.62. The summed E-state index contributed by atoms with van der Waals surface area (Å²) >= 11 is 0. The molecule has 1 aliphatic rings. The van der Waals surface area contributed by atoms with Crippen LogP contribution in [0.5, 0.6) is 0 Å². The molecule has 0 spiro atoms. The van der Waals surface area contributed by atoms with Crippen molar-refractivity contribution in [1.29, 1.82) is 0 Å². The quantitative estimate of drug-likeness (QED) is 0.702. The Hall–Kier alpha value is -0.610. The van der Waals surface area contributed by atoms with Crippen molar-refractivity contribution in [2.75, 3.05) is 26.8 Å². The Morgan fingerprint density at radius 3 is 2.87 bits per heavy atom. The zero-order valence-corrected chi connectivity index (χ0v) is 9.93. The van der Waals surface area contributed by atoms with Crippen LogP contribution in [0, 0.1) is 5.92 Å². The fourth-order valence-corrected chi connectivity index (χ4v) is 1.98. The van der Waals surface area contributed by atoms with Crippen LogP contribution < -0.4 is 10.6 Å². The van der Waals surface area contributed by atoms with E-state index in [9.17, 15) is 4.79 Å². The highest BCUT2D eigenvalue weighted by Crippen LogP contribution is 2.13. The molecule has 2 N–H and O–H groups in total. The van der Waals surface area contributed by atoms with Gasteiger partial charge in [0.25, 0.3) is 0 Å². The Bertz CT molecular complexity index is 211. The maximum absolute atomic E-state index is 11.7. The van der Waals surface area contributed by atoms with Gasteiger partial charge in [0, 0.05) is 13.5 Å². The first-order chi connectivity index (χ1) is 7.03. The van der Waals surface area contributed by atoms with Gasteiger partial charge in [-0.15, -0.1) is 0 Å². The number of carbonyl (C=O) groups is 1. The lowest BCUT2D eigenvalue weighted by Crippen LogP contribution is -2.47. The van der Waals surface area contributed by atoms with Gasteiger partial charge in [0.05, 0.1) is 12.1 Å². The van der Waals surface area contributed by atoms with Crippen molar-refractivity contribution in [3.8, 4) is 0 Å². The van der Waals surface area contributed by atoms with Crippen LogP contribution in [0.4, 0.5) is 0 Å². The zero-order chi connectivity index (χ0) is 11.3. The summed E-state index contributed by atoms with van der Waals surface area (Å²) in [6.45, 7) is 6.50. The molecule has 0 aromatic rings. The number of amides is 1. The Morgan fingerprint density at radius 2 is 2.33 bits per heavy atom. The van der Waals surface area contributed by atoms with Gasteiger partial charge in [-0.05, 0) is 39.3 Å². The molecule has 1 unspecified atom stereocenters. The van der Waals surface area contributed by atoms with Gasteiger partial charge in [-0.2, -0.15) is 0 Å². The molecule has 1 fully saturated rings. The third-order valence-electron chi connectivity index (χ3n) is 2.62. The van der Waals surface area contributed by atoms with Gasteiger partial charge < -0.3 is 15.4 Å². The van der Waals surface area contributed by atoms with E-state index in [1.54, 1.807) is 7.11 Å². The smallest absolute Gasteiger partial charge is 0.220 e. The molecule has 0 aliphatic carbocycles. The summed E-state index contributed by atoms with van der Waals surface area (Å²) in [7, 11) is 1.65. The average Bonchev–Trinajstić information content (AvgIpc) is 2.54. The van der Waals surface area contributed by atoms with Crippen LogP contribution in [0.2, 0.25) is 0 Å². The summed E-state index contributed by atoms with van der Waals surface area (Å²) < 4.78 is 5.05. The minimum atomic E-state index is -0.266. The maximum Gasteiger partial charge on any atom is 0.220 e. The van der Waals surface area contributed by atoms with Gasteiger partial charge in [-0.1, -0.05) is 0 Å². The number of carbonyl (C=O) groups excluding carboxylic acids is 1. The third kappa shape index (κ3) is 4.62. The summed E-state index contributed by atoms with van der Waals surface area (Å²) in [6, 6.07) is 0. The Labute approximate surface area is 91.8 Å². The molecule has 15 heavy (non-hydrogen) atoms. The molecule has 0 aromatic heterocycles. The fourth-order valence-electron chi connectivity index (χ4n) is 1.98. The van der Waals surface area contributed by atoms with Crippen molar-refractivity contribution in [3.63, 3.8) is 0 Å². The summed E-state index contributed by atoms with van der Waals surface area (Å²) in [5.74, 6) is 0.633. The van der Waals surface area contributed by atoms with Crippen LogP contribution in [-0.2, 0) is 9.53 Å². The highest BCUT2D eigenvalue weighted by Gasteiger charge is 2.23. The van der Waals surface area contributed by atoms with Gasteiger partial charge in [-0.25, -0.2) is 0 Å². The maximum atomic E-state index is 11.7. The van der Waals surface area contributed by atoms with Crippen LogP contribution in [0.1, 0.15) is 26.7 Å². The lowest BCUT2D eigenvalue weighted by molar-refractivity contribution is -0.124. The van der Waals surface area contributed by atoms with Crippen molar-refractivity contribution >= 4 is 5.91 Å². The summed E-state index contributed by atoms with van der Waals surface area (Å²) in [5.41, 5.74) is -0.266. The molecule has 0 aromatic carbocycles. The van der Waals surface area contributed by atoms with Crippen molar-refractivity contribution in [2.24, 2.45) is 5.92 Å². The molecule has 0 bridgehead atoms. The van der Waals surface area contributed by atoms with E-state index in [0.29, 0.717) is 18.9 Å².